The first kappa shape index (κ1) is 26.8. The Balaban J connectivity index is 1.75. The number of sulfone groups is 1. The highest BCUT2D eigenvalue weighted by Crippen LogP contribution is 2.37. The Bertz CT molecular complexity index is 1530. The van der Waals surface area contributed by atoms with E-state index in [0.29, 0.717) is 22.9 Å². The minimum atomic E-state index is -3.87. The molecule has 4 rings (SSSR count). The maximum atomic E-state index is 13.7. The number of aromatic nitrogens is 4. The van der Waals surface area contributed by atoms with Gasteiger partial charge in [-0.2, -0.15) is 0 Å². The van der Waals surface area contributed by atoms with Gasteiger partial charge < -0.3 is 19.2 Å². The largest absolute Gasteiger partial charge is 0.494 e. The van der Waals surface area contributed by atoms with Crippen LogP contribution in [-0.2, 0) is 26.8 Å². The van der Waals surface area contributed by atoms with Gasteiger partial charge in [-0.05, 0) is 31.2 Å². The number of halogens is 1. The summed E-state index contributed by atoms with van der Waals surface area (Å²) in [5, 5.41) is 9.92. The van der Waals surface area contributed by atoms with Gasteiger partial charge in [0.1, 0.15) is 28.8 Å². The van der Waals surface area contributed by atoms with Crippen molar-refractivity contribution in [2.24, 2.45) is 0 Å². The number of amides is 1. The Morgan fingerprint density at radius 1 is 1.16 bits per heavy atom. The predicted octanol–water partition coefficient (Wildman–Crippen LogP) is 3.58. The molecule has 1 N–H and O–H groups in total. The molecule has 0 aliphatic rings. The van der Waals surface area contributed by atoms with E-state index in [4.69, 9.17) is 13.9 Å². The van der Waals surface area contributed by atoms with Gasteiger partial charge >= 0.3 is 0 Å². The van der Waals surface area contributed by atoms with Crippen molar-refractivity contribution >= 4 is 21.4 Å². The van der Waals surface area contributed by atoms with E-state index in [9.17, 15) is 17.6 Å². The maximum absolute atomic E-state index is 13.7. The van der Waals surface area contributed by atoms with Crippen molar-refractivity contribution in [1.82, 2.24) is 19.7 Å². The van der Waals surface area contributed by atoms with Crippen LogP contribution >= 0.6 is 0 Å². The SMILES string of the molecule is COc1cccc(OC)c1-n1c(CS(=O)(=O)[C@H](C)Cc2ncc(F)cc2NC(C)=O)nnc1-c1ccco1. The van der Waals surface area contributed by atoms with Gasteiger partial charge in [-0.15, -0.1) is 10.2 Å². The average molecular weight is 544 g/mol. The number of furan rings is 1. The summed E-state index contributed by atoms with van der Waals surface area (Å²) in [6.07, 6.45) is 2.37. The van der Waals surface area contributed by atoms with E-state index in [0.717, 1.165) is 12.3 Å². The van der Waals surface area contributed by atoms with Crippen molar-refractivity contribution in [3.05, 3.63) is 66.2 Å². The molecule has 0 spiro atoms. The highest BCUT2D eigenvalue weighted by atomic mass is 32.2. The van der Waals surface area contributed by atoms with Gasteiger partial charge in [0.25, 0.3) is 0 Å². The number of pyridine rings is 1. The van der Waals surface area contributed by atoms with Crippen molar-refractivity contribution in [3.8, 4) is 28.8 Å². The van der Waals surface area contributed by atoms with Gasteiger partial charge in [-0.1, -0.05) is 6.07 Å². The smallest absolute Gasteiger partial charge is 0.221 e. The van der Waals surface area contributed by atoms with E-state index in [1.54, 1.807) is 30.3 Å². The second-order valence-electron chi connectivity index (χ2n) is 8.41. The lowest BCUT2D eigenvalue weighted by Gasteiger charge is -2.18. The number of nitrogens with zero attached hydrogens (tertiary/aromatic N) is 4. The number of anilines is 1. The van der Waals surface area contributed by atoms with E-state index in [2.05, 4.69) is 20.5 Å². The van der Waals surface area contributed by atoms with E-state index in [1.165, 1.54) is 38.9 Å². The molecule has 3 aromatic heterocycles. The molecule has 38 heavy (non-hydrogen) atoms. The number of benzene rings is 1. The fraction of sp³-hybridized carbons (Fsp3) is 0.280. The van der Waals surface area contributed by atoms with Crippen LogP contribution in [0.4, 0.5) is 10.1 Å². The zero-order valence-electron chi connectivity index (χ0n) is 21.1. The van der Waals surface area contributed by atoms with E-state index >= 15 is 0 Å². The monoisotopic (exact) mass is 543 g/mol. The first-order valence-electron chi connectivity index (χ1n) is 11.5. The normalized spacial score (nSPS) is 12.2. The lowest BCUT2D eigenvalue weighted by atomic mass is 10.2. The quantitative estimate of drug-likeness (QED) is 0.318. The molecule has 0 unspecified atom stereocenters. The van der Waals surface area contributed by atoms with Crippen molar-refractivity contribution in [2.75, 3.05) is 19.5 Å². The Labute approximate surface area is 218 Å². The summed E-state index contributed by atoms with van der Waals surface area (Å²) < 4.78 is 58.9. The first-order chi connectivity index (χ1) is 18.1. The van der Waals surface area contributed by atoms with Gasteiger partial charge in [-0.3, -0.25) is 14.3 Å². The lowest BCUT2D eigenvalue weighted by Crippen LogP contribution is -2.25. The number of hydrogen-bond donors (Lipinski definition) is 1. The van der Waals surface area contributed by atoms with Crippen LogP contribution in [0.25, 0.3) is 17.3 Å². The third-order valence-corrected chi connectivity index (χ3v) is 7.82. The molecule has 13 heteroatoms. The molecule has 3 heterocycles. The van der Waals surface area contributed by atoms with Crippen LogP contribution in [0.5, 0.6) is 11.5 Å². The summed E-state index contributed by atoms with van der Waals surface area (Å²) in [5.74, 6) is -0.0737. The third-order valence-electron chi connectivity index (χ3n) is 5.77. The predicted molar refractivity (Wildman–Crippen MR) is 136 cm³/mol. The van der Waals surface area contributed by atoms with Crippen LogP contribution in [0.15, 0.2) is 53.3 Å². The molecule has 0 aliphatic carbocycles. The van der Waals surface area contributed by atoms with E-state index < -0.39 is 32.6 Å². The van der Waals surface area contributed by atoms with Crippen molar-refractivity contribution in [3.63, 3.8) is 0 Å². The molecule has 0 aliphatic heterocycles. The second-order valence-corrected chi connectivity index (χ2v) is 10.8. The fourth-order valence-corrected chi connectivity index (χ4v) is 5.16. The molecular weight excluding hydrogens is 517 g/mol. The molecular formula is C25H26FN5O6S. The second kappa shape index (κ2) is 11.0. The van der Waals surface area contributed by atoms with Crippen molar-refractivity contribution < 1.29 is 31.5 Å². The summed E-state index contributed by atoms with van der Waals surface area (Å²) in [5.41, 5.74) is 0.753. The molecule has 1 aromatic carbocycles. The summed E-state index contributed by atoms with van der Waals surface area (Å²) in [6, 6.07) is 9.59. The average Bonchev–Trinajstić information content (AvgIpc) is 3.54. The zero-order valence-corrected chi connectivity index (χ0v) is 22.0. The number of rotatable bonds is 10. The summed E-state index contributed by atoms with van der Waals surface area (Å²) in [6.45, 7) is 2.78. The van der Waals surface area contributed by atoms with Gasteiger partial charge in [-0.25, -0.2) is 12.8 Å². The molecule has 200 valence electrons. The first-order valence-corrected chi connectivity index (χ1v) is 13.2. The highest BCUT2D eigenvalue weighted by Gasteiger charge is 2.30. The fourth-order valence-electron chi connectivity index (χ4n) is 3.91. The maximum Gasteiger partial charge on any atom is 0.221 e. The van der Waals surface area contributed by atoms with E-state index in [-0.39, 0.29) is 29.5 Å². The number of para-hydroxylation sites is 1. The van der Waals surface area contributed by atoms with E-state index in [1.807, 2.05) is 0 Å². The number of ether oxygens (including phenoxy) is 2. The van der Waals surface area contributed by atoms with Crippen molar-refractivity contribution in [1.29, 1.82) is 0 Å². The topological polar surface area (TPSA) is 138 Å². The van der Waals surface area contributed by atoms with Crippen LogP contribution in [0.2, 0.25) is 0 Å². The van der Waals surface area contributed by atoms with Crippen LogP contribution in [0.3, 0.4) is 0 Å². The van der Waals surface area contributed by atoms with Crippen LogP contribution in [0.1, 0.15) is 25.4 Å². The molecule has 1 atom stereocenters. The van der Waals surface area contributed by atoms with Gasteiger partial charge in [0.05, 0.1) is 43.3 Å². The molecule has 0 bridgehead atoms. The van der Waals surface area contributed by atoms with Crippen LogP contribution < -0.4 is 14.8 Å². The number of methoxy groups -OCH3 is 2. The van der Waals surface area contributed by atoms with Gasteiger partial charge in [0.15, 0.2) is 21.4 Å². The number of carbonyl (C=O) groups is 1. The van der Waals surface area contributed by atoms with Gasteiger partial charge in [0, 0.05) is 19.4 Å². The highest BCUT2D eigenvalue weighted by molar-refractivity contribution is 7.91. The standard InChI is InChI=1S/C25H26FN5O6S/c1-15(11-18-19(28-16(2)32)12-17(26)13-27-18)38(33,34)14-23-29-30-25(22-9-6-10-37-22)31(23)24-20(35-3)7-5-8-21(24)36-4/h5-10,12-13,15H,11,14H2,1-4H3,(H,28,32)/t15-/m1/s1. The Morgan fingerprint density at radius 2 is 1.87 bits per heavy atom. The summed E-state index contributed by atoms with van der Waals surface area (Å²) in [7, 11) is -0.910. The Morgan fingerprint density at radius 3 is 2.47 bits per heavy atom. The summed E-state index contributed by atoms with van der Waals surface area (Å²) >= 11 is 0. The minimum Gasteiger partial charge on any atom is -0.494 e. The van der Waals surface area contributed by atoms with Gasteiger partial charge in [0.2, 0.25) is 11.7 Å². The minimum absolute atomic E-state index is 0.0740. The molecule has 0 fully saturated rings. The van der Waals surface area contributed by atoms with Crippen molar-refractivity contribution in [2.45, 2.75) is 31.3 Å². The number of hydrogen-bond acceptors (Lipinski definition) is 9. The zero-order chi connectivity index (χ0) is 27.4. The van der Waals surface area contributed by atoms with Crippen LogP contribution in [0, 0.1) is 5.82 Å². The molecule has 11 nitrogen and oxygen atoms in total. The molecule has 0 saturated carbocycles. The molecule has 4 aromatic rings. The van der Waals surface area contributed by atoms with Crippen LogP contribution in [-0.4, -0.2) is 53.5 Å². The molecule has 1 amide bonds. The lowest BCUT2D eigenvalue weighted by molar-refractivity contribution is -0.114. The Kier molecular flexibility index (Phi) is 7.76. The number of nitrogens with one attached hydrogen (secondary N) is 1. The molecule has 0 radical (unpaired) electrons. The number of carbonyl (C=O) groups excluding carboxylic acids is 1. The summed E-state index contributed by atoms with van der Waals surface area (Å²) in [4.78, 5) is 15.6. The Hall–Kier alpha value is -4.26. The molecule has 0 saturated heterocycles. The third kappa shape index (κ3) is 5.52.